The van der Waals surface area contributed by atoms with E-state index in [1.165, 1.54) is 20.3 Å². The van der Waals surface area contributed by atoms with Gasteiger partial charge in [0.1, 0.15) is 5.82 Å². The smallest absolute Gasteiger partial charge is 0.338 e. The molecule has 25 heavy (non-hydrogen) atoms. The van der Waals surface area contributed by atoms with E-state index in [9.17, 15) is 17.6 Å². The Hall–Kier alpha value is -2.81. The van der Waals surface area contributed by atoms with Gasteiger partial charge in [0.2, 0.25) is 0 Å². The Labute approximate surface area is 144 Å². The number of carboxylic acids is 1. The van der Waals surface area contributed by atoms with Crippen molar-refractivity contribution in [3.8, 4) is 11.5 Å². The minimum absolute atomic E-state index is 0.221. The third kappa shape index (κ3) is 3.82. The van der Waals surface area contributed by atoms with Crippen molar-refractivity contribution >= 4 is 21.7 Å². The molecule has 0 bridgehead atoms. The summed E-state index contributed by atoms with van der Waals surface area (Å²) in [6.07, 6.45) is 0. The quantitative estimate of drug-likeness (QED) is 0.812. The van der Waals surface area contributed by atoms with Crippen LogP contribution in [-0.2, 0) is 10.0 Å². The fourth-order valence-corrected chi connectivity index (χ4v) is 3.28. The molecule has 0 aliphatic carbocycles. The first-order chi connectivity index (χ1) is 11.7. The lowest BCUT2D eigenvalue weighted by molar-refractivity contribution is 0.0691. The molecule has 0 saturated heterocycles. The van der Waals surface area contributed by atoms with Gasteiger partial charge in [-0.1, -0.05) is 0 Å². The summed E-state index contributed by atoms with van der Waals surface area (Å²) < 4.78 is 51.0. The number of hydrogen-bond acceptors (Lipinski definition) is 5. The van der Waals surface area contributed by atoms with E-state index >= 15 is 0 Å². The van der Waals surface area contributed by atoms with E-state index in [2.05, 4.69) is 4.72 Å². The SMILES string of the molecule is COc1cc(C)c(NS(=O)(=O)c2ccc(F)c(C(=O)O)c2)cc1OC. The second kappa shape index (κ2) is 6.98. The molecule has 134 valence electrons. The van der Waals surface area contributed by atoms with Crippen LogP contribution in [0.5, 0.6) is 11.5 Å². The number of sulfonamides is 1. The lowest BCUT2D eigenvalue weighted by Gasteiger charge is -2.15. The highest BCUT2D eigenvalue weighted by Crippen LogP contribution is 2.34. The molecule has 0 aromatic heterocycles. The van der Waals surface area contributed by atoms with Gasteiger partial charge in [-0.25, -0.2) is 17.6 Å². The van der Waals surface area contributed by atoms with Crippen LogP contribution in [0.4, 0.5) is 10.1 Å². The molecule has 0 atom stereocenters. The number of hydrogen-bond donors (Lipinski definition) is 2. The van der Waals surface area contributed by atoms with Crippen LogP contribution >= 0.6 is 0 Å². The van der Waals surface area contributed by atoms with Crippen LogP contribution in [0.2, 0.25) is 0 Å². The summed E-state index contributed by atoms with van der Waals surface area (Å²) in [5.74, 6) is -1.83. The number of benzene rings is 2. The van der Waals surface area contributed by atoms with Crippen molar-refractivity contribution in [1.82, 2.24) is 0 Å². The summed E-state index contributed by atoms with van der Waals surface area (Å²) in [4.78, 5) is 10.6. The van der Waals surface area contributed by atoms with Gasteiger partial charge in [-0.3, -0.25) is 4.72 Å². The molecule has 0 heterocycles. The zero-order valence-corrected chi connectivity index (χ0v) is 14.5. The zero-order chi connectivity index (χ0) is 18.8. The standard InChI is InChI=1S/C16H16FNO6S/c1-9-6-14(23-2)15(24-3)8-13(9)18-25(21,22)10-4-5-12(17)11(7-10)16(19)20/h4-8,18H,1-3H3,(H,19,20). The van der Waals surface area contributed by atoms with Crippen LogP contribution in [0, 0.1) is 12.7 Å². The molecule has 2 aromatic rings. The number of aromatic carboxylic acids is 1. The molecule has 0 aliphatic heterocycles. The van der Waals surface area contributed by atoms with Gasteiger partial charge in [0.25, 0.3) is 10.0 Å². The molecule has 0 fully saturated rings. The van der Waals surface area contributed by atoms with Crippen LogP contribution in [0.1, 0.15) is 15.9 Å². The lowest BCUT2D eigenvalue weighted by atomic mass is 10.2. The molecule has 2 rings (SSSR count). The van der Waals surface area contributed by atoms with E-state index < -0.39 is 27.4 Å². The van der Waals surface area contributed by atoms with E-state index in [0.29, 0.717) is 17.1 Å². The van der Waals surface area contributed by atoms with Crippen LogP contribution in [0.25, 0.3) is 0 Å². The van der Waals surface area contributed by atoms with E-state index in [-0.39, 0.29) is 10.6 Å². The van der Waals surface area contributed by atoms with Crippen molar-refractivity contribution in [2.45, 2.75) is 11.8 Å². The zero-order valence-electron chi connectivity index (χ0n) is 13.7. The molecule has 2 N–H and O–H groups in total. The minimum Gasteiger partial charge on any atom is -0.493 e. The summed E-state index contributed by atoms with van der Waals surface area (Å²) in [6, 6.07) is 5.56. The van der Waals surface area contributed by atoms with Gasteiger partial charge in [-0.05, 0) is 36.8 Å². The average molecular weight is 369 g/mol. The van der Waals surface area contributed by atoms with E-state index in [0.717, 1.165) is 18.2 Å². The monoisotopic (exact) mass is 369 g/mol. The van der Waals surface area contributed by atoms with Crippen molar-refractivity contribution in [3.05, 3.63) is 47.3 Å². The molecule has 9 heteroatoms. The predicted octanol–water partition coefficient (Wildman–Crippen LogP) is 2.65. The summed E-state index contributed by atoms with van der Waals surface area (Å²) in [6.45, 7) is 1.66. The highest BCUT2D eigenvalue weighted by Gasteiger charge is 2.21. The normalized spacial score (nSPS) is 11.0. The summed E-state index contributed by atoms with van der Waals surface area (Å²) >= 11 is 0. The van der Waals surface area contributed by atoms with Crippen LogP contribution < -0.4 is 14.2 Å². The Morgan fingerprint density at radius 3 is 2.28 bits per heavy atom. The predicted molar refractivity (Wildman–Crippen MR) is 88.5 cm³/mol. The number of nitrogens with one attached hydrogen (secondary N) is 1. The minimum atomic E-state index is -4.13. The maximum Gasteiger partial charge on any atom is 0.338 e. The number of halogens is 1. The number of carbonyl (C=O) groups is 1. The maximum atomic E-state index is 13.5. The van der Waals surface area contributed by atoms with Crippen molar-refractivity contribution < 1.29 is 32.2 Å². The van der Waals surface area contributed by atoms with Gasteiger partial charge >= 0.3 is 5.97 Å². The van der Waals surface area contributed by atoms with E-state index in [4.69, 9.17) is 14.6 Å². The Morgan fingerprint density at radius 1 is 1.12 bits per heavy atom. The number of ether oxygens (including phenoxy) is 2. The summed E-state index contributed by atoms with van der Waals surface area (Å²) in [7, 11) is -1.27. The molecular formula is C16H16FNO6S. The van der Waals surface area contributed by atoms with Crippen molar-refractivity contribution in [3.63, 3.8) is 0 Å². The molecule has 0 radical (unpaired) electrons. The third-order valence-corrected chi connectivity index (χ3v) is 4.82. The molecule has 0 spiro atoms. The molecule has 0 saturated carbocycles. The number of aryl methyl sites for hydroxylation is 1. The fraction of sp³-hybridized carbons (Fsp3) is 0.188. The van der Waals surface area contributed by atoms with Crippen LogP contribution in [-0.4, -0.2) is 33.7 Å². The van der Waals surface area contributed by atoms with Gasteiger partial charge in [0, 0.05) is 6.07 Å². The highest BCUT2D eigenvalue weighted by molar-refractivity contribution is 7.92. The van der Waals surface area contributed by atoms with Gasteiger partial charge in [-0.2, -0.15) is 0 Å². The first-order valence-corrected chi connectivity index (χ1v) is 8.46. The van der Waals surface area contributed by atoms with Crippen molar-refractivity contribution in [1.29, 1.82) is 0 Å². The van der Waals surface area contributed by atoms with Crippen LogP contribution in [0.3, 0.4) is 0 Å². The maximum absolute atomic E-state index is 13.5. The fourth-order valence-electron chi connectivity index (χ4n) is 2.13. The molecule has 0 aliphatic rings. The van der Waals surface area contributed by atoms with Gasteiger partial charge in [0.05, 0.1) is 30.4 Å². The second-order valence-electron chi connectivity index (χ2n) is 5.07. The number of methoxy groups -OCH3 is 2. The van der Waals surface area contributed by atoms with Gasteiger partial charge in [-0.15, -0.1) is 0 Å². The van der Waals surface area contributed by atoms with Crippen molar-refractivity contribution in [2.75, 3.05) is 18.9 Å². The molecular weight excluding hydrogens is 353 g/mol. The first kappa shape index (κ1) is 18.5. The molecule has 0 amide bonds. The van der Waals surface area contributed by atoms with E-state index in [1.807, 2.05) is 0 Å². The first-order valence-electron chi connectivity index (χ1n) is 6.98. The number of carboxylic acid groups (broad SMARTS) is 1. The summed E-state index contributed by atoms with van der Waals surface area (Å²) in [5.41, 5.74) is 0.0487. The highest BCUT2D eigenvalue weighted by atomic mass is 32.2. The second-order valence-corrected chi connectivity index (χ2v) is 6.76. The third-order valence-electron chi connectivity index (χ3n) is 3.45. The van der Waals surface area contributed by atoms with Crippen LogP contribution in [0.15, 0.2) is 35.2 Å². The summed E-state index contributed by atoms with van der Waals surface area (Å²) in [5, 5.41) is 8.93. The van der Waals surface area contributed by atoms with E-state index in [1.54, 1.807) is 13.0 Å². The molecule has 0 unspecified atom stereocenters. The average Bonchev–Trinajstić information content (AvgIpc) is 2.56. The Bertz CT molecular complexity index is 926. The Morgan fingerprint density at radius 2 is 1.72 bits per heavy atom. The Kier molecular flexibility index (Phi) is 5.17. The topological polar surface area (TPSA) is 102 Å². The number of anilines is 1. The largest absolute Gasteiger partial charge is 0.493 e. The van der Waals surface area contributed by atoms with Gasteiger partial charge < -0.3 is 14.6 Å². The molecule has 2 aromatic carbocycles. The Balaban J connectivity index is 2.46. The number of rotatable bonds is 6. The molecule has 7 nitrogen and oxygen atoms in total. The van der Waals surface area contributed by atoms with Crippen molar-refractivity contribution in [2.24, 2.45) is 0 Å². The van der Waals surface area contributed by atoms with Gasteiger partial charge in [0.15, 0.2) is 11.5 Å². The lowest BCUT2D eigenvalue weighted by Crippen LogP contribution is -2.15.